The Labute approximate surface area is 117 Å². The lowest BCUT2D eigenvalue weighted by Gasteiger charge is -2.34. The topological polar surface area (TPSA) is 94.9 Å². The molecule has 1 aliphatic rings. The molecule has 0 atom stereocenters. The third-order valence-electron chi connectivity index (χ3n) is 3.66. The Morgan fingerprint density at radius 2 is 1.80 bits per heavy atom. The van der Waals surface area contributed by atoms with E-state index in [1.165, 1.54) is 10.4 Å². The number of aliphatic carboxylic acids is 1. The maximum atomic E-state index is 12.5. The number of carbonyl (C=O) groups is 1. The van der Waals surface area contributed by atoms with Gasteiger partial charge in [-0.2, -0.15) is 4.31 Å². The summed E-state index contributed by atoms with van der Waals surface area (Å²) >= 11 is 0. The highest BCUT2D eigenvalue weighted by Crippen LogP contribution is 2.27. The van der Waals surface area contributed by atoms with Gasteiger partial charge in [0.2, 0.25) is 10.0 Å². The highest BCUT2D eigenvalue weighted by molar-refractivity contribution is 7.89. The van der Waals surface area contributed by atoms with Crippen molar-refractivity contribution < 1.29 is 23.4 Å². The second-order valence-corrected chi connectivity index (χ2v) is 6.91. The first kappa shape index (κ1) is 15.0. The van der Waals surface area contributed by atoms with E-state index >= 15 is 0 Å². The van der Waals surface area contributed by atoms with E-state index in [4.69, 9.17) is 5.11 Å². The van der Waals surface area contributed by atoms with Gasteiger partial charge in [0.1, 0.15) is 0 Å². The molecule has 1 fully saturated rings. The Bertz CT molecular complexity index is 617. The van der Waals surface area contributed by atoms with Crippen LogP contribution in [0.25, 0.3) is 0 Å². The lowest BCUT2D eigenvalue weighted by molar-refractivity contribution is -0.162. The van der Waals surface area contributed by atoms with Crippen molar-refractivity contribution in [3.05, 3.63) is 29.8 Å². The zero-order valence-corrected chi connectivity index (χ0v) is 11.9. The molecule has 0 radical (unpaired) electrons. The molecule has 7 heteroatoms. The SMILES string of the molecule is Cc1ccccc1S(=O)(=O)N1CCC(O)(C(=O)O)CC1. The van der Waals surface area contributed by atoms with Crippen molar-refractivity contribution in [3.8, 4) is 0 Å². The van der Waals surface area contributed by atoms with E-state index < -0.39 is 21.6 Å². The van der Waals surface area contributed by atoms with Crippen LogP contribution in [0.2, 0.25) is 0 Å². The van der Waals surface area contributed by atoms with Crippen molar-refractivity contribution in [2.24, 2.45) is 0 Å². The molecule has 0 saturated carbocycles. The molecule has 0 amide bonds. The Hall–Kier alpha value is -1.44. The van der Waals surface area contributed by atoms with Crippen LogP contribution in [0, 0.1) is 6.92 Å². The van der Waals surface area contributed by atoms with Crippen LogP contribution in [-0.2, 0) is 14.8 Å². The normalized spacial score (nSPS) is 19.7. The molecule has 110 valence electrons. The summed E-state index contributed by atoms with van der Waals surface area (Å²) in [5.41, 5.74) is -1.18. The molecule has 1 heterocycles. The van der Waals surface area contributed by atoms with Crippen molar-refractivity contribution in [2.75, 3.05) is 13.1 Å². The number of nitrogens with zero attached hydrogens (tertiary/aromatic N) is 1. The quantitative estimate of drug-likeness (QED) is 0.852. The first-order valence-corrected chi connectivity index (χ1v) is 7.73. The van der Waals surface area contributed by atoms with Gasteiger partial charge >= 0.3 is 5.97 Å². The van der Waals surface area contributed by atoms with Crippen LogP contribution < -0.4 is 0 Å². The Morgan fingerprint density at radius 3 is 2.30 bits per heavy atom. The lowest BCUT2D eigenvalue weighted by Crippen LogP contribution is -2.50. The van der Waals surface area contributed by atoms with Crippen LogP contribution >= 0.6 is 0 Å². The highest BCUT2D eigenvalue weighted by Gasteiger charge is 2.42. The smallest absolute Gasteiger partial charge is 0.335 e. The fourth-order valence-electron chi connectivity index (χ4n) is 2.30. The van der Waals surface area contributed by atoms with Gasteiger partial charge in [0.25, 0.3) is 0 Å². The van der Waals surface area contributed by atoms with Crippen LogP contribution in [0.15, 0.2) is 29.2 Å². The van der Waals surface area contributed by atoms with Crippen molar-refractivity contribution in [2.45, 2.75) is 30.3 Å². The predicted molar refractivity (Wildman–Crippen MR) is 71.8 cm³/mol. The molecule has 0 spiro atoms. The summed E-state index contributed by atoms with van der Waals surface area (Å²) in [6, 6.07) is 6.65. The summed E-state index contributed by atoms with van der Waals surface area (Å²) in [5, 5.41) is 18.8. The highest BCUT2D eigenvalue weighted by atomic mass is 32.2. The van der Waals surface area contributed by atoms with Crippen molar-refractivity contribution in [3.63, 3.8) is 0 Å². The van der Waals surface area contributed by atoms with Gasteiger partial charge in [-0.3, -0.25) is 0 Å². The zero-order valence-electron chi connectivity index (χ0n) is 11.1. The van der Waals surface area contributed by atoms with Crippen molar-refractivity contribution >= 4 is 16.0 Å². The molecule has 0 unspecified atom stereocenters. The van der Waals surface area contributed by atoms with E-state index in [1.54, 1.807) is 25.1 Å². The van der Waals surface area contributed by atoms with Gasteiger partial charge in [-0.25, -0.2) is 13.2 Å². The summed E-state index contributed by atoms with van der Waals surface area (Å²) in [4.78, 5) is 11.2. The van der Waals surface area contributed by atoms with E-state index in [0.717, 1.165) is 0 Å². The van der Waals surface area contributed by atoms with Gasteiger partial charge in [-0.05, 0) is 18.6 Å². The second kappa shape index (κ2) is 5.16. The number of piperidine rings is 1. The molecule has 0 bridgehead atoms. The van der Waals surface area contributed by atoms with E-state index in [2.05, 4.69) is 0 Å². The fraction of sp³-hybridized carbons (Fsp3) is 0.462. The maximum absolute atomic E-state index is 12.5. The van der Waals surface area contributed by atoms with Crippen LogP contribution in [0.5, 0.6) is 0 Å². The summed E-state index contributed by atoms with van der Waals surface area (Å²) in [6.45, 7) is 1.71. The Kier molecular flexibility index (Phi) is 3.86. The first-order valence-electron chi connectivity index (χ1n) is 6.29. The molecule has 2 N–H and O–H groups in total. The lowest BCUT2D eigenvalue weighted by atomic mass is 9.93. The number of hydrogen-bond donors (Lipinski definition) is 2. The number of hydrogen-bond acceptors (Lipinski definition) is 4. The summed E-state index contributed by atoms with van der Waals surface area (Å²) in [5.74, 6) is -1.30. The van der Waals surface area contributed by atoms with Crippen LogP contribution in [0.1, 0.15) is 18.4 Å². The molecule has 1 aromatic rings. The van der Waals surface area contributed by atoms with Crippen molar-refractivity contribution in [1.29, 1.82) is 0 Å². The van der Waals surface area contributed by atoms with Gasteiger partial charge in [-0.1, -0.05) is 18.2 Å². The van der Waals surface area contributed by atoms with E-state index in [-0.39, 0.29) is 30.8 Å². The van der Waals surface area contributed by atoms with Gasteiger partial charge in [0.05, 0.1) is 4.90 Å². The number of benzene rings is 1. The standard InChI is InChI=1S/C13H17NO5S/c1-10-4-2-3-5-11(10)20(18,19)14-8-6-13(17,7-9-14)12(15)16/h2-5,17H,6-9H2,1H3,(H,15,16). The summed E-state index contributed by atoms with van der Waals surface area (Å²) < 4.78 is 26.2. The van der Waals surface area contributed by atoms with Gasteiger partial charge in [0, 0.05) is 25.9 Å². The Morgan fingerprint density at radius 1 is 1.25 bits per heavy atom. The molecule has 20 heavy (non-hydrogen) atoms. The molecule has 1 aromatic carbocycles. The monoisotopic (exact) mass is 299 g/mol. The van der Waals surface area contributed by atoms with Gasteiger partial charge in [-0.15, -0.1) is 0 Å². The average Bonchev–Trinajstić information content (AvgIpc) is 2.39. The van der Waals surface area contributed by atoms with Crippen LogP contribution in [0.4, 0.5) is 0 Å². The van der Waals surface area contributed by atoms with E-state index in [1.807, 2.05) is 0 Å². The third-order valence-corrected chi connectivity index (χ3v) is 5.72. The van der Waals surface area contributed by atoms with E-state index in [9.17, 15) is 18.3 Å². The Balaban J connectivity index is 2.22. The molecular weight excluding hydrogens is 282 g/mol. The minimum Gasteiger partial charge on any atom is -0.479 e. The van der Waals surface area contributed by atoms with Gasteiger partial charge in [0.15, 0.2) is 5.60 Å². The fourth-order valence-corrected chi connectivity index (χ4v) is 3.96. The summed E-state index contributed by atoms with van der Waals surface area (Å²) in [6.07, 6.45) is -0.207. The molecule has 6 nitrogen and oxygen atoms in total. The number of carboxylic acid groups (broad SMARTS) is 1. The third kappa shape index (κ3) is 2.56. The number of carboxylic acids is 1. The van der Waals surface area contributed by atoms with Crippen LogP contribution in [0.3, 0.4) is 0 Å². The number of sulfonamides is 1. The summed E-state index contributed by atoms with van der Waals surface area (Å²) in [7, 11) is -3.64. The maximum Gasteiger partial charge on any atom is 0.335 e. The van der Waals surface area contributed by atoms with E-state index in [0.29, 0.717) is 5.56 Å². The zero-order chi connectivity index (χ0) is 15.0. The number of rotatable bonds is 3. The second-order valence-electron chi connectivity index (χ2n) is 5.01. The predicted octanol–water partition coefficient (Wildman–Crippen LogP) is 0.595. The molecule has 1 aliphatic heterocycles. The first-order chi connectivity index (χ1) is 9.27. The average molecular weight is 299 g/mol. The van der Waals surface area contributed by atoms with Crippen LogP contribution in [-0.4, -0.2) is 47.6 Å². The molecule has 0 aromatic heterocycles. The number of aliphatic hydroxyl groups is 1. The molecular formula is C13H17NO5S. The number of aryl methyl sites for hydroxylation is 1. The van der Waals surface area contributed by atoms with Crippen molar-refractivity contribution in [1.82, 2.24) is 4.31 Å². The largest absolute Gasteiger partial charge is 0.479 e. The minimum atomic E-state index is -3.64. The van der Waals surface area contributed by atoms with Gasteiger partial charge < -0.3 is 10.2 Å². The minimum absolute atomic E-state index is 0.000528. The molecule has 1 saturated heterocycles. The molecule has 0 aliphatic carbocycles. The molecule has 2 rings (SSSR count).